The van der Waals surface area contributed by atoms with Gasteiger partial charge in [0.25, 0.3) is 0 Å². The second kappa shape index (κ2) is 8.13. The molecule has 0 atom stereocenters. The van der Waals surface area contributed by atoms with Crippen LogP contribution in [0.15, 0.2) is 36.4 Å². The van der Waals surface area contributed by atoms with E-state index < -0.39 is 23.9 Å². The predicted octanol–water partition coefficient (Wildman–Crippen LogP) is 2.52. The summed E-state index contributed by atoms with van der Waals surface area (Å²) in [6.07, 6.45) is 0.123. The summed E-state index contributed by atoms with van der Waals surface area (Å²) >= 11 is 0. The zero-order chi connectivity index (χ0) is 20.1. The third-order valence-corrected chi connectivity index (χ3v) is 3.50. The molecule has 2 aromatic rings. The first-order valence-electron chi connectivity index (χ1n) is 7.77. The molecule has 2 N–H and O–H groups in total. The summed E-state index contributed by atoms with van der Waals surface area (Å²) in [6, 6.07) is 8.55. The van der Waals surface area contributed by atoms with E-state index in [0.29, 0.717) is 11.1 Å². The predicted molar refractivity (Wildman–Crippen MR) is 92.2 cm³/mol. The number of rotatable bonds is 6. The second-order valence-corrected chi connectivity index (χ2v) is 5.60. The molecule has 0 unspecified atom stereocenters. The van der Waals surface area contributed by atoms with Crippen LogP contribution in [0.25, 0.3) is 0 Å². The van der Waals surface area contributed by atoms with Crippen molar-refractivity contribution in [2.45, 2.75) is 20.3 Å². The van der Waals surface area contributed by atoms with Gasteiger partial charge >= 0.3 is 23.9 Å². The van der Waals surface area contributed by atoms with Gasteiger partial charge in [-0.2, -0.15) is 0 Å². The molecule has 8 heteroatoms. The van der Waals surface area contributed by atoms with E-state index in [2.05, 4.69) is 0 Å². The van der Waals surface area contributed by atoms with Crippen molar-refractivity contribution < 1.29 is 38.9 Å². The molecular formula is C19H16O8. The standard InChI is InChI=1S/C19H16O8/c1-10(20)26-16-9-12(6-7-14(16)18(22)23)8-13-4-3-5-15(19(24)25)17(13)27-11(2)21/h3-7,9H,8H2,1-2H3,(H,22,23)(H,24,25). The van der Waals surface area contributed by atoms with Gasteiger partial charge in [-0.05, 0) is 23.8 Å². The van der Waals surface area contributed by atoms with Crippen molar-refractivity contribution in [2.75, 3.05) is 0 Å². The van der Waals surface area contributed by atoms with Gasteiger partial charge in [0.1, 0.15) is 22.6 Å². The van der Waals surface area contributed by atoms with Crippen LogP contribution in [0, 0.1) is 0 Å². The number of carboxylic acid groups (broad SMARTS) is 2. The SMILES string of the molecule is CC(=O)Oc1cc(Cc2cccc(C(=O)O)c2OC(C)=O)ccc1C(=O)O. The van der Waals surface area contributed by atoms with Gasteiger partial charge in [0.15, 0.2) is 0 Å². The lowest BCUT2D eigenvalue weighted by Gasteiger charge is -2.13. The van der Waals surface area contributed by atoms with Crippen LogP contribution in [0.1, 0.15) is 45.7 Å². The van der Waals surface area contributed by atoms with Crippen LogP contribution < -0.4 is 9.47 Å². The average Bonchev–Trinajstić information content (AvgIpc) is 2.55. The molecule has 0 aliphatic rings. The van der Waals surface area contributed by atoms with Gasteiger partial charge in [0, 0.05) is 25.8 Å². The molecule has 27 heavy (non-hydrogen) atoms. The van der Waals surface area contributed by atoms with E-state index in [1.54, 1.807) is 6.07 Å². The number of ether oxygens (including phenoxy) is 2. The number of hydrogen-bond donors (Lipinski definition) is 2. The number of esters is 2. The first-order valence-corrected chi connectivity index (χ1v) is 7.77. The van der Waals surface area contributed by atoms with Crippen LogP contribution in [0.3, 0.4) is 0 Å². The third-order valence-electron chi connectivity index (χ3n) is 3.50. The van der Waals surface area contributed by atoms with Crippen LogP contribution >= 0.6 is 0 Å². The average molecular weight is 372 g/mol. The Kier molecular flexibility index (Phi) is 5.92. The van der Waals surface area contributed by atoms with E-state index in [1.807, 2.05) is 0 Å². The fourth-order valence-corrected chi connectivity index (χ4v) is 2.47. The zero-order valence-electron chi connectivity index (χ0n) is 14.5. The molecule has 0 aliphatic heterocycles. The van der Waals surface area contributed by atoms with Crippen LogP contribution in [-0.2, 0) is 16.0 Å². The smallest absolute Gasteiger partial charge is 0.339 e. The molecular weight excluding hydrogens is 356 g/mol. The summed E-state index contributed by atoms with van der Waals surface area (Å²) in [5.74, 6) is -4.08. The van der Waals surface area contributed by atoms with Gasteiger partial charge in [0.05, 0.1) is 0 Å². The molecule has 8 nitrogen and oxygen atoms in total. The molecule has 0 saturated heterocycles. The molecule has 0 radical (unpaired) electrons. The van der Waals surface area contributed by atoms with E-state index in [4.69, 9.17) is 9.47 Å². The highest BCUT2D eigenvalue weighted by Gasteiger charge is 2.19. The van der Waals surface area contributed by atoms with E-state index in [0.717, 1.165) is 13.8 Å². The molecule has 0 aromatic heterocycles. The highest BCUT2D eigenvalue weighted by molar-refractivity contribution is 5.93. The van der Waals surface area contributed by atoms with Crippen molar-refractivity contribution in [3.63, 3.8) is 0 Å². The molecule has 0 spiro atoms. The van der Waals surface area contributed by atoms with Gasteiger partial charge < -0.3 is 19.7 Å². The summed E-state index contributed by atoms with van der Waals surface area (Å²) in [6.45, 7) is 2.30. The summed E-state index contributed by atoms with van der Waals surface area (Å²) in [4.78, 5) is 45.2. The molecule has 0 fully saturated rings. The van der Waals surface area contributed by atoms with Crippen molar-refractivity contribution in [1.29, 1.82) is 0 Å². The molecule has 0 saturated carbocycles. The van der Waals surface area contributed by atoms with Gasteiger partial charge in [-0.25, -0.2) is 9.59 Å². The minimum Gasteiger partial charge on any atom is -0.478 e. The monoisotopic (exact) mass is 372 g/mol. The maximum atomic E-state index is 11.4. The number of aromatic carboxylic acids is 2. The quantitative estimate of drug-likeness (QED) is 0.585. The fraction of sp³-hybridized carbons (Fsp3) is 0.158. The number of benzene rings is 2. The Hall–Kier alpha value is -3.68. The molecule has 0 heterocycles. The van der Waals surface area contributed by atoms with Gasteiger partial charge in [-0.3, -0.25) is 9.59 Å². The van der Waals surface area contributed by atoms with Gasteiger partial charge in [0.2, 0.25) is 0 Å². The first kappa shape index (κ1) is 19.6. The number of para-hydroxylation sites is 1. The largest absolute Gasteiger partial charge is 0.478 e. The summed E-state index contributed by atoms with van der Waals surface area (Å²) < 4.78 is 10.0. The Morgan fingerprint density at radius 3 is 2.04 bits per heavy atom. The van der Waals surface area contributed by atoms with Gasteiger partial charge in [-0.15, -0.1) is 0 Å². The van der Waals surface area contributed by atoms with Crippen LogP contribution in [0.2, 0.25) is 0 Å². The minimum absolute atomic E-state index is 0.0890. The van der Waals surface area contributed by atoms with Crippen molar-refractivity contribution >= 4 is 23.9 Å². The Labute approximate surface area is 154 Å². The van der Waals surface area contributed by atoms with Crippen LogP contribution in [0.5, 0.6) is 11.5 Å². The Morgan fingerprint density at radius 1 is 0.852 bits per heavy atom. The molecule has 2 rings (SSSR count). The second-order valence-electron chi connectivity index (χ2n) is 5.60. The zero-order valence-corrected chi connectivity index (χ0v) is 14.5. The molecule has 140 valence electrons. The van der Waals surface area contributed by atoms with Gasteiger partial charge in [-0.1, -0.05) is 18.2 Å². The molecule has 2 aromatic carbocycles. The van der Waals surface area contributed by atoms with Crippen molar-refractivity contribution in [3.8, 4) is 11.5 Å². The summed E-state index contributed by atoms with van der Waals surface area (Å²) in [5.41, 5.74) is 0.577. The molecule has 0 aliphatic carbocycles. The van der Waals surface area contributed by atoms with Crippen LogP contribution in [-0.4, -0.2) is 34.1 Å². The highest BCUT2D eigenvalue weighted by atomic mass is 16.5. The van der Waals surface area contributed by atoms with E-state index >= 15 is 0 Å². The first-order chi connectivity index (χ1) is 12.7. The van der Waals surface area contributed by atoms with Crippen molar-refractivity contribution in [2.24, 2.45) is 0 Å². The van der Waals surface area contributed by atoms with Crippen molar-refractivity contribution in [1.82, 2.24) is 0 Å². The Balaban J connectivity index is 2.48. The maximum Gasteiger partial charge on any atom is 0.339 e. The van der Waals surface area contributed by atoms with Crippen molar-refractivity contribution in [3.05, 3.63) is 58.7 Å². The number of carbonyl (C=O) groups excluding carboxylic acids is 2. The number of carboxylic acids is 2. The fourth-order valence-electron chi connectivity index (χ4n) is 2.47. The van der Waals surface area contributed by atoms with Crippen LogP contribution in [0.4, 0.5) is 0 Å². The number of hydrogen-bond acceptors (Lipinski definition) is 6. The Bertz CT molecular complexity index is 929. The summed E-state index contributed by atoms with van der Waals surface area (Å²) in [5, 5.41) is 18.5. The van der Waals surface area contributed by atoms with E-state index in [-0.39, 0.29) is 29.0 Å². The molecule has 0 bridgehead atoms. The lowest BCUT2D eigenvalue weighted by Crippen LogP contribution is -2.10. The topological polar surface area (TPSA) is 127 Å². The maximum absolute atomic E-state index is 11.4. The minimum atomic E-state index is -1.26. The normalized spacial score (nSPS) is 10.1. The molecule has 0 amide bonds. The summed E-state index contributed by atoms with van der Waals surface area (Å²) in [7, 11) is 0. The van der Waals surface area contributed by atoms with E-state index in [1.165, 1.54) is 30.3 Å². The number of carbonyl (C=O) groups is 4. The highest BCUT2D eigenvalue weighted by Crippen LogP contribution is 2.29. The lowest BCUT2D eigenvalue weighted by molar-refractivity contribution is -0.132. The lowest BCUT2D eigenvalue weighted by atomic mass is 9.99. The van der Waals surface area contributed by atoms with E-state index in [9.17, 15) is 29.4 Å². The third kappa shape index (κ3) is 4.91. The Morgan fingerprint density at radius 2 is 1.48 bits per heavy atom.